The average molecular weight is 487 g/mol. The van der Waals surface area contributed by atoms with Crippen LogP contribution in [0.5, 0.6) is 0 Å². The van der Waals surface area contributed by atoms with E-state index in [-0.39, 0.29) is 16.0 Å². The summed E-state index contributed by atoms with van der Waals surface area (Å²) in [4.78, 5) is 12.4. The molecule has 0 aliphatic carbocycles. The predicted molar refractivity (Wildman–Crippen MR) is 142 cm³/mol. The Kier molecular flexibility index (Phi) is 10.2. The molecule has 0 unspecified atom stereocenters. The molecule has 0 radical (unpaired) electrons. The third-order valence-electron chi connectivity index (χ3n) is 6.59. The van der Waals surface area contributed by atoms with Crippen molar-refractivity contribution >= 4 is 22.6 Å². The van der Waals surface area contributed by atoms with Gasteiger partial charge in [0.15, 0.2) is 16.6 Å². The number of carbonyl (C=O) groups is 1. The van der Waals surface area contributed by atoms with Crippen LogP contribution in [0.2, 0.25) is 36.3 Å². The van der Waals surface area contributed by atoms with Crippen LogP contribution in [0.1, 0.15) is 70.0 Å². The Morgan fingerprint density at radius 1 is 0.848 bits per heavy atom. The molecule has 0 bridgehead atoms. The molecule has 0 saturated carbocycles. The highest BCUT2D eigenvalue weighted by Crippen LogP contribution is 2.37. The van der Waals surface area contributed by atoms with Crippen LogP contribution in [0, 0.1) is 23.7 Å². The van der Waals surface area contributed by atoms with Gasteiger partial charge in [0, 0.05) is 11.1 Å². The lowest BCUT2D eigenvalue weighted by Crippen LogP contribution is -2.40. The minimum Gasteiger partial charge on any atom is -0.462 e. The molecule has 0 saturated heterocycles. The molecule has 0 fully saturated rings. The fourth-order valence-corrected chi connectivity index (χ4v) is 3.98. The van der Waals surface area contributed by atoms with Gasteiger partial charge in [0.1, 0.15) is 0 Å². The molecular weight excluding hydrogens is 444 g/mol. The van der Waals surface area contributed by atoms with Crippen molar-refractivity contribution in [2.75, 3.05) is 19.8 Å². The lowest BCUT2D eigenvalue weighted by Gasteiger charge is -2.35. The quantitative estimate of drug-likeness (QED) is 0.258. The van der Waals surface area contributed by atoms with Gasteiger partial charge in [0.25, 0.3) is 0 Å². The van der Waals surface area contributed by atoms with Gasteiger partial charge in [0.2, 0.25) is 0 Å². The number of hydrogen-bond acceptors (Lipinski definition) is 4. The fraction of sp³-hybridized carbons (Fsp3) is 0.593. The van der Waals surface area contributed by atoms with Crippen molar-refractivity contribution < 1.29 is 18.4 Å². The maximum Gasteiger partial charge on any atom is 0.339 e. The number of carbonyl (C=O) groups excluding carboxylic acids is 1. The molecule has 0 atom stereocenters. The van der Waals surface area contributed by atoms with Gasteiger partial charge >= 0.3 is 5.97 Å². The molecule has 6 heteroatoms. The van der Waals surface area contributed by atoms with E-state index in [0.717, 1.165) is 5.56 Å². The monoisotopic (exact) mass is 486 g/mol. The second-order valence-electron chi connectivity index (χ2n) is 11.2. The van der Waals surface area contributed by atoms with E-state index in [1.54, 1.807) is 13.0 Å². The Labute approximate surface area is 204 Å². The molecule has 1 aromatic rings. The average Bonchev–Trinajstić information content (AvgIpc) is 2.67. The first-order valence-electron chi connectivity index (χ1n) is 11.6. The van der Waals surface area contributed by atoms with Crippen molar-refractivity contribution in [3.8, 4) is 23.7 Å². The van der Waals surface area contributed by atoms with Crippen molar-refractivity contribution in [3.05, 3.63) is 34.9 Å². The third-order valence-corrected chi connectivity index (χ3v) is 15.6. The zero-order valence-electron chi connectivity index (χ0n) is 22.5. The van der Waals surface area contributed by atoms with Gasteiger partial charge in [-0.2, -0.15) is 0 Å². The summed E-state index contributed by atoms with van der Waals surface area (Å²) in [6.45, 7) is 24.8. The summed E-state index contributed by atoms with van der Waals surface area (Å²) in [5.74, 6) is 12.1. The highest BCUT2D eigenvalue weighted by molar-refractivity contribution is 6.74. The van der Waals surface area contributed by atoms with Crippen LogP contribution in [0.3, 0.4) is 0 Å². The normalized spacial score (nSPS) is 12.3. The summed E-state index contributed by atoms with van der Waals surface area (Å²) in [6.07, 6.45) is 0. The van der Waals surface area contributed by atoms with Crippen LogP contribution in [0.25, 0.3) is 0 Å². The molecule has 0 spiro atoms. The highest BCUT2D eigenvalue weighted by Gasteiger charge is 2.37. The molecule has 182 valence electrons. The summed E-state index contributed by atoms with van der Waals surface area (Å²) in [7, 11) is -3.71. The largest absolute Gasteiger partial charge is 0.462 e. The first-order chi connectivity index (χ1) is 15.0. The second-order valence-corrected chi connectivity index (χ2v) is 20.8. The molecule has 0 aliphatic heterocycles. The van der Waals surface area contributed by atoms with Gasteiger partial charge in [-0.05, 0) is 61.4 Å². The van der Waals surface area contributed by atoms with Crippen molar-refractivity contribution in [1.82, 2.24) is 0 Å². The summed E-state index contributed by atoms with van der Waals surface area (Å²) in [5.41, 5.74) is 1.83. The van der Waals surface area contributed by atoms with Crippen LogP contribution in [0.4, 0.5) is 0 Å². The second kappa shape index (κ2) is 11.5. The van der Waals surface area contributed by atoms with Gasteiger partial charge in [0.05, 0.1) is 25.4 Å². The van der Waals surface area contributed by atoms with Crippen molar-refractivity contribution in [2.24, 2.45) is 0 Å². The topological polar surface area (TPSA) is 44.8 Å². The van der Waals surface area contributed by atoms with E-state index in [9.17, 15) is 4.79 Å². The Morgan fingerprint density at radius 3 is 1.79 bits per heavy atom. The minimum atomic E-state index is -1.88. The first kappa shape index (κ1) is 29.2. The van der Waals surface area contributed by atoms with Gasteiger partial charge < -0.3 is 13.6 Å². The molecule has 0 heterocycles. The van der Waals surface area contributed by atoms with Crippen molar-refractivity contribution in [3.63, 3.8) is 0 Å². The first-order valence-corrected chi connectivity index (χ1v) is 17.4. The van der Waals surface area contributed by atoms with E-state index in [1.165, 1.54) is 0 Å². The smallest absolute Gasteiger partial charge is 0.339 e. The Bertz CT molecular complexity index is 943. The van der Waals surface area contributed by atoms with Crippen LogP contribution >= 0.6 is 0 Å². The van der Waals surface area contributed by atoms with Gasteiger partial charge in [-0.1, -0.05) is 65.2 Å². The molecule has 33 heavy (non-hydrogen) atoms. The summed E-state index contributed by atoms with van der Waals surface area (Å²) in [6, 6.07) is 5.39. The molecule has 0 N–H and O–H groups in total. The van der Waals surface area contributed by atoms with E-state index in [2.05, 4.69) is 91.4 Å². The SMILES string of the molecule is CCOC(=O)c1ccc(C#CCO[Si](C)(C)C(C)(C)C)cc1C#CCO[Si](C)(C)C(C)(C)C. The number of ether oxygens (including phenoxy) is 1. The minimum absolute atomic E-state index is 0.118. The highest BCUT2D eigenvalue weighted by atomic mass is 28.4. The molecule has 4 nitrogen and oxygen atoms in total. The molecule has 1 aromatic carbocycles. The third kappa shape index (κ3) is 8.79. The standard InChI is InChI=1S/C27H42O4Si2/c1-12-29-25(28)24-18-17-22(15-13-19-30-32(8,9)26(2,3)4)21-23(24)16-14-20-31-33(10,11)27(5,6)7/h17-18,21H,12,19-20H2,1-11H3. The number of rotatable bonds is 6. The number of esters is 1. The Hall–Kier alpha value is -1.84. The number of hydrogen-bond donors (Lipinski definition) is 0. The van der Waals surface area contributed by atoms with E-state index >= 15 is 0 Å². The van der Waals surface area contributed by atoms with Crippen molar-refractivity contribution in [1.29, 1.82) is 0 Å². The van der Waals surface area contributed by atoms with Crippen LogP contribution in [0.15, 0.2) is 18.2 Å². The Balaban J connectivity index is 3.08. The predicted octanol–water partition coefficient (Wildman–Crippen LogP) is 6.61. The Morgan fingerprint density at radius 2 is 1.33 bits per heavy atom. The molecular formula is C27H42O4Si2. The maximum atomic E-state index is 12.4. The van der Waals surface area contributed by atoms with Crippen LogP contribution < -0.4 is 0 Å². The zero-order chi connectivity index (χ0) is 25.5. The summed E-state index contributed by atoms with van der Waals surface area (Å²) < 4.78 is 17.5. The molecule has 1 rings (SSSR count). The van der Waals surface area contributed by atoms with E-state index in [1.807, 2.05) is 12.1 Å². The summed E-state index contributed by atoms with van der Waals surface area (Å²) >= 11 is 0. The molecule has 0 amide bonds. The summed E-state index contributed by atoms with van der Waals surface area (Å²) in [5, 5.41) is 0.262. The van der Waals surface area contributed by atoms with Gasteiger partial charge in [-0.15, -0.1) is 0 Å². The number of benzene rings is 1. The van der Waals surface area contributed by atoms with Crippen LogP contribution in [-0.4, -0.2) is 42.4 Å². The van der Waals surface area contributed by atoms with E-state index < -0.39 is 16.6 Å². The molecule has 0 aromatic heterocycles. The van der Waals surface area contributed by atoms with Crippen molar-refractivity contribution in [2.45, 2.75) is 84.7 Å². The van der Waals surface area contributed by atoms with Crippen LogP contribution in [-0.2, 0) is 13.6 Å². The van der Waals surface area contributed by atoms with E-state index in [4.69, 9.17) is 13.6 Å². The zero-order valence-corrected chi connectivity index (χ0v) is 24.5. The van der Waals surface area contributed by atoms with Gasteiger partial charge in [-0.25, -0.2) is 4.79 Å². The van der Waals surface area contributed by atoms with E-state index in [0.29, 0.717) is 30.9 Å². The molecule has 0 aliphatic rings. The lowest BCUT2D eigenvalue weighted by molar-refractivity contribution is 0.0526. The van der Waals surface area contributed by atoms with Gasteiger partial charge in [-0.3, -0.25) is 0 Å². The maximum absolute atomic E-state index is 12.4. The fourth-order valence-electron chi connectivity index (χ4n) is 2.25. The lowest BCUT2D eigenvalue weighted by atomic mass is 10.0.